The average Bonchev–Trinajstić information content (AvgIpc) is 3.31. The molecule has 3 aromatic heterocycles. The van der Waals surface area contributed by atoms with Crippen LogP contribution in [0, 0.1) is 11.7 Å². The van der Waals surface area contributed by atoms with E-state index in [2.05, 4.69) is 32.2 Å². The molecule has 5 rings (SSSR count). The van der Waals surface area contributed by atoms with E-state index in [0.717, 1.165) is 42.3 Å². The van der Waals surface area contributed by atoms with Crippen LogP contribution in [-0.4, -0.2) is 50.4 Å². The third-order valence-electron chi connectivity index (χ3n) is 6.48. The first kappa shape index (κ1) is 23.2. The average molecular weight is 493 g/mol. The van der Waals surface area contributed by atoms with Gasteiger partial charge in [0.2, 0.25) is 0 Å². The highest BCUT2D eigenvalue weighted by Gasteiger charge is 2.26. The zero-order chi connectivity index (χ0) is 24.4. The number of hydrogen-bond donors (Lipinski definition) is 2. The molecule has 1 saturated heterocycles. The molecule has 0 bridgehead atoms. The maximum atomic E-state index is 14.6. The SMILES string of the molecule is CCc1ccccc1C(=O)N1CCCC(CNc2nc(-c3c[nH]c4ncc(Cl)cc34)ncc2F)C1. The fourth-order valence-corrected chi connectivity index (χ4v) is 4.81. The number of hydrogen-bond acceptors (Lipinski definition) is 5. The Labute approximate surface area is 207 Å². The molecular formula is C26H26ClFN6O. The van der Waals surface area contributed by atoms with Crippen molar-refractivity contribution in [1.29, 1.82) is 0 Å². The first-order valence-corrected chi connectivity index (χ1v) is 12.2. The Hall–Kier alpha value is -3.52. The van der Waals surface area contributed by atoms with Crippen molar-refractivity contribution < 1.29 is 9.18 Å². The number of amides is 1. The number of halogens is 2. The second-order valence-electron chi connectivity index (χ2n) is 8.79. The minimum absolute atomic E-state index is 0.0641. The van der Waals surface area contributed by atoms with E-state index in [4.69, 9.17) is 11.6 Å². The molecule has 1 aliphatic rings. The molecule has 0 aliphatic carbocycles. The van der Waals surface area contributed by atoms with Gasteiger partial charge in [0.05, 0.1) is 11.2 Å². The smallest absolute Gasteiger partial charge is 0.254 e. The Morgan fingerprint density at radius 1 is 1.29 bits per heavy atom. The van der Waals surface area contributed by atoms with Crippen molar-refractivity contribution >= 4 is 34.4 Å². The summed E-state index contributed by atoms with van der Waals surface area (Å²) in [5, 5.41) is 4.41. The summed E-state index contributed by atoms with van der Waals surface area (Å²) >= 11 is 6.10. The van der Waals surface area contributed by atoms with Crippen LogP contribution in [0.15, 0.2) is 48.9 Å². The zero-order valence-electron chi connectivity index (χ0n) is 19.4. The highest BCUT2D eigenvalue weighted by Crippen LogP contribution is 2.28. The van der Waals surface area contributed by atoms with E-state index in [9.17, 15) is 9.18 Å². The monoisotopic (exact) mass is 492 g/mol. The van der Waals surface area contributed by atoms with Crippen molar-refractivity contribution in [2.24, 2.45) is 5.92 Å². The number of likely N-dealkylation sites (tertiary alicyclic amines) is 1. The van der Waals surface area contributed by atoms with Gasteiger partial charge < -0.3 is 15.2 Å². The van der Waals surface area contributed by atoms with Gasteiger partial charge in [0.25, 0.3) is 5.91 Å². The van der Waals surface area contributed by atoms with Gasteiger partial charge in [-0.25, -0.2) is 19.3 Å². The molecule has 1 aromatic carbocycles. The summed E-state index contributed by atoms with van der Waals surface area (Å²) in [6, 6.07) is 9.55. The van der Waals surface area contributed by atoms with Crippen molar-refractivity contribution in [2.75, 3.05) is 25.0 Å². The van der Waals surface area contributed by atoms with Crippen LogP contribution in [0.4, 0.5) is 10.2 Å². The van der Waals surface area contributed by atoms with Gasteiger partial charge in [0, 0.05) is 48.5 Å². The number of H-pyrrole nitrogens is 1. The number of anilines is 1. The summed E-state index contributed by atoms with van der Waals surface area (Å²) in [4.78, 5) is 31.0. The predicted octanol–water partition coefficient (Wildman–Crippen LogP) is 5.34. The van der Waals surface area contributed by atoms with Crippen LogP contribution in [0.1, 0.15) is 35.7 Å². The molecule has 35 heavy (non-hydrogen) atoms. The summed E-state index contributed by atoms with van der Waals surface area (Å²) in [5.74, 6) is 0.245. The van der Waals surface area contributed by atoms with Gasteiger partial charge in [-0.3, -0.25) is 4.79 Å². The lowest BCUT2D eigenvalue weighted by atomic mass is 9.96. The van der Waals surface area contributed by atoms with E-state index in [1.54, 1.807) is 18.5 Å². The van der Waals surface area contributed by atoms with Gasteiger partial charge in [0.1, 0.15) is 5.65 Å². The number of nitrogens with one attached hydrogen (secondary N) is 2. The molecule has 1 amide bonds. The fourth-order valence-electron chi connectivity index (χ4n) is 4.65. The highest BCUT2D eigenvalue weighted by molar-refractivity contribution is 6.31. The van der Waals surface area contributed by atoms with E-state index in [-0.39, 0.29) is 17.6 Å². The third kappa shape index (κ3) is 4.84. The van der Waals surface area contributed by atoms with Crippen molar-refractivity contribution in [3.05, 3.63) is 70.9 Å². The molecule has 0 saturated carbocycles. The van der Waals surface area contributed by atoms with Crippen molar-refractivity contribution in [1.82, 2.24) is 24.8 Å². The van der Waals surface area contributed by atoms with Crippen molar-refractivity contribution in [2.45, 2.75) is 26.2 Å². The van der Waals surface area contributed by atoms with Gasteiger partial charge in [0.15, 0.2) is 17.5 Å². The van der Waals surface area contributed by atoms with E-state index >= 15 is 0 Å². The van der Waals surface area contributed by atoms with Crippen molar-refractivity contribution in [3.63, 3.8) is 0 Å². The Morgan fingerprint density at radius 2 is 2.14 bits per heavy atom. The van der Waals surface area contributed by atoms with Gasteiger partial charge >= 0.3 is 0 Å². The second-order valence-corrected chi connectivity index (χ2v) is 9.23. The number of benzene rings is 1. The van der Waals surface area contributed by atoms with Crippen molar-refractivity contribution in [3.8, 4) is 11.4 Å². The lowest BCUT2D eigenvalue weighted by Crippen LogP contribution is -2.42. The summed E-state index contributed by atoms with van der Waals surface area (Å²) in [7, 11) is 0. The molecule has 9 heteroatoms. The fraction of sp³-hybridized carbons (Fsp3) is 0.308. The number of aryl methyl sites for hydroxylation is 1. The van der Waals surface area contributed by atoms with E-state index in [1.807, 2.05) is 29.2 Å². The molecule has 1 unspecified atom stereocenters. The molecule has 0 radical (unpaired) electrons. The number of carbonyl (C=O) groups is 1. The third-order valence-corrected chi connectivity index (χ3v) is 6.68. The number of pyridine rings is 1. The lowest BCUT2D eigenvalue weighted by molar-refractivity contribution is 0.0679. The number of fused-ring (bicyclic) bond motifs is 1. The summed E-state index contributed by atoms with van der Waals surface area (Å²) < 4.78 is 14.6. The Bertz CT molecular complexity index is 1370. The molecule has 1 atom stereocenters. The molecule has 2 N–H and O–H groups in total. The van der Waals surface area contributed by atoms with Crippen LogP contribution in [-0.2, 0) is 6.42 Å². The molecule has 0 spiro atoms. The molecule has 1 aliphatic heterocycles. The maximum Gasteiger partial charge on any atom is 0.254 e. The lowest BCUT2D eigenvalue weighted by Gasteiger charge is -2.33. The predicted molar refractivity (Wildman–Crippen MR) is 135 cm³/mol. The van der Waals surface area contributed by atoms with Crippen LogP contribution in [0.5, 0.6) is 0 Å². The largest absolute Gasteiger partial charge is 0.367 e. The Morgan fingerprint density at radius 3 is 3.00 bits per heavy atom. The highest BCUT2D eigenvalue weighted by atomic mass is 35.5. The minimum atomic E-state index is -0.523. The number of rotatable bonds is 6. The van der Waals surface area contributed by atoms with Crippen LogP contribution < -0.4 is 5.32 Å². The second kappa shape index (κ2) is 10.00. The van der Waals surface area contributed by atoms with E-state index in [0.29, 0.717) is 35.1 Å². The molecule has 7 nitrogen and oxygen atoms in total. The zero-order valence-corrected chi connectivity index (χ0v) is 20.1. The van der Waals surface area contributed by atoms with Gasteiger partial charge in [-0.15, -0.1) is 0 Å². The van der Waals surface area contributed by atoms with Crippen LogP contribution in [0.3, 0.4) is 0 Å². The van der Waals surface area contributed by atoms with Gasteiger partial charge in [-0.05, 0) is 42.9 Å². The van der Waals surface area contributed by atoms with Gasteiger partial charge in [-0.1, -0.05) is 36.7 Å². The van der Waals surface area contributed by atoms with Gasteiger partial charge in [-0.2, -0.15) is 0 Å². The first-order valence-electron chi connectivity index (χ1n) is 11.8. The molecule has 4 heterocycles. The van der Waals surface area contributed by atoms with E-state index in [1.165, 1.54) is 6.20 Å². The Kier molecular flexibility index (Phi) is 6.63. The van der Waals surface area contributed by atoms with Crippen LogP contribution in [0.2, 0.25) is 5.02 Å². The summed E-state index contributed by atoms with van der Waals surface area (Å²) in [5.41, 5.74) is 3.18. The number of nitrogens with zero attached hydrogens (tertiary/aromatic N) is 4. The number of piperidine rings is 1. The maximum absolute atomic E-state index is 14.6. The number of aromatic amines is 1. The standard InChI is InChI=1S/C26H26ClFN6O/c1-2-17-7-3-4-8-19(17)26(35)34-9-5-6-16(15-34)11-29-25-22(28)14-32-24(33-25)21-13-31-23-20(21)10-18(27)12-30-23/h3-4,7-8,10,12-14,16H,2,5-6,9,11,15H2,1H3,(H,30,31)(H,29,32,33). The van der Waals surface area contributed by atoms with Crippen LogP contribution >= 0.6 is 11.6 Å². The Balaban J connectivity index is 1.29. The number of carbonyl (C=O) groups excluding carboxylic acids is 1. The van der Waals surface area contributed by atoms with Crippen LogP contribution in [0.25, 0.3) is 22.4 Å². The number of aromatic nitrogens is 4. The quantitative estimate of drug-likeness (QED) is 0.379. The normalized spacial score (nSPS) is 16.0. The van der Waals surface area contributed by atoms with E-state index < -0.39 is 5.82 Å². The molecule has 1 fully saturated rings. The summed E-state index contributed by atoms with van der Waals surface area (Å²) in [6.45, 7) is 3.92. The molecule has 180 valence electrons. The minimum Gasteiger partial charge on any atom is -0.367 e. The molecular weight excluding hydrogens is 467 g/mol. The molecule has 4 aromatic rings. The first-order chi connectivity index (χ1) is 17.0. The topological polar surface area (TPSA) is 86.8 Å². The summed E-state index contributed by atoms with van der Waals surface area (Å²) in [6.07, 6.45) is 7.14.